The van der Waals surface area contributed by atoms with Gasteiger partial charge >= 0.3 is 0 Å². The van der Waals surface area contributed by atoms with E-state index < -0.39 is 0 Å². The topological polar surface area (TPSA) is 29.3 Å². The van der Waals surface area contributed by atoms with Crippen LogP contribution in [0.4, 0.5) is 17.1 Å². The Balaban J connectivity index is 1.23. The largest absolute Gasteiger partial charge is 0.438 e. The highest BCUT2D eigenvalue weighted by atomic mass is 16.3. The summed E-state index contributed by atoms with van der Waals surface area (Å²) in [5.74, 6) is 0. The Hall–Kier alpha value is -6.19. The summed E-state index contributed by atoms with van der Waals surface area (Å²) in [5, 5.41) is 7.08. The monoisotopic (exact) mass is 586 g/mol. The number of para-hydroxylation sites is 1. The Labute approximate surface area is 265 Å². The van der Waals surface area contributed by atoms with Crippen LogP contribution in [0.2, 0.25) is 0 Å². The Bertz CT molecular complexity index is 2640. The van der Waals surface area contributed by atoms with Crippen LogP contribution in [0.3, 0.4) is 0 Å². The third-order valence-electron chi connectivity index (χ3n) is 9.45. The van der Waals surface area contributed by atoms with Crippen LogP contribution in [-0.2, 0) is 0 Å². The Morgan fingerprint density at radius 3 is 2.00 bits per heavy atom. The SMILES string of the molecule is c1ccc2c(c1)-c1cccc3cc(N(c4ccc(-c5cccc6ccccc56)cc4)c4ccnc5oc6ccccc6c45)cc-2c13. The molecule has 2 heterocycles. The number of hydrogen-bond donors (Lipinski definition) is 0. The van der Waals surface area contributed by atoms with Crippen LogP contribution in [0, 0.1) is 0 Å². The van der Waals surface area contributed by atoms with Gasteiger partial charge in [0.1, 0.15) is 5.58 Å². The van der Waals surface area contributed by atoms with Crippen molar-refractivity contribution in [2.75, 3.05) is 4.90 Å². The fourth-order valence-corrected chi connectivity index (χ4v) is 7.44. The molecule has 1 aliphatic carbocycles. The highest BCUT2D eigenvalue weighted by Gasteiger charge is 2.25. The number of fused-ring (bicyclic) bond motifs is 7. The smallest absolute Gasteiger partial charge is 0.229 e. The summed E-state index contributed by atoms with van der Waals surface area (Å²) in [6, 6.07) is 54.4. The van der Waals surface area contributed by atoms with Crippen molar-refractivity contribution >= 4 is 60.7 Å². The van der Waals surface area contributed by atoms with E-state index in [2.05, 4.69) is 149 Å². The van der Waals surface area contributed by atoms with E-state index in [-0.39, 0.29) is 0 Å². The second-order valence-corrected chi connectivity index (χ2v) is 12.0. The molecule has 3 nitrogen and oxygen atoms in total. The van der Waals surface area contributed by atoms with Crippen molar-refractivity contribution in [1.82, 2.24) is 4.98 Å². The average Bonchev–Trinajstić information content (AvgIpc) is 3.66. The Kier molecular flexibility index (Phi) is 5.28. The van der Waals surface area contributed by atoms with E-state index in [0.717, 1.165) is 33.4 Å². The van der Waals surface area contributed by atoms with E-state index in [1.807, 2.05) is 18.3 Å². The zero-order chi connectivity index (χ0) is 30.2. The van der Waals surface area contributed by atoms with Gasteiger partial charge in [-0.2, -0.15) is 0 Å². The van der Waals surface area contributed by atoms with E-state index in [0.29, 0.717) is 5.71 Å². The minimum absolute atomic E-state index is 0.633. The Morgan fingerprint density at radius 2 is 1.13 bits per heavy atom. The van der Waals surface area contributed by atoms with Crippen molar-refractivity contribution in [3.8, 4) is 33.4 Å². The summed E-state index contributed by atoms with van der Waals surface area (Å²) in [6.45, 7) is 0. The van der Waals surface area contributed by atoms with Gasteiger partial charge in [0.15, 0.2) is 0 Å². The molecule has 0 aliphatic heterocycles. The van der Waals surface area contributed by atoms with Gasteiger partial charge in [-0.1, -0.05) is 115 Å². The van der Waals surface area contributed by atoms with Crippen molar-refractivity contribution in [3.05, 3.63) is 158 Å². The van der Waals surface area contributed by atoms with Gasteiger partial charge in [0.05, 0.1) is 11.1 Å². The summed E-state index contributed by atoms with van der Waals surface area (Å²) in [7, 11) is 0. The lowest BCUT2D eigenvalue weighted by atomic mass is 9.97. The first kappa shape index (κ1) is 25.2. The van der Waals surface area contributed by atoms with Crippen LogP contribution in [0.5, 0.6) is 0 Å². The molecule has 0 saturated heterocycles. The molecule has 0 N–H and O–H groups in total. The van der Waals surface area contributed by atoms with E-state index in [1.54, 1.807) is 0 Å². The molecule has 0 radical (unpaired) electrons. The van der Waals surface area contributed by atoms with Gasteiger partial charge in [0, 0.05) is 23.0 Å². The maximum absolute atomic E-state index is 6.27. The summed E-state index contributed by atoms with van der Waals surface area (Å²) in [5.41, 5.74) is 12.2. The van der Waals surface area contributed by atoms with Crippen molar-refractivity contribution in [2.24, 2.45) is 0 Å². The molecule has 0 fully saturated rings. The number of rotatable bonds is 4. The van der Waals surface area contributed by atoms with Crippen LogP contribution in [0.1, 0.15) is 0 Å². The van der Waals surface area contributed by atoms with Gasteiger partial charge in [-0.25, -0.2) is 4.98 Å². The molecule has 10 rings (SSSR count). The van der Waals surface area contributed by atoms with Gasteiger partial charge < -0.3 is 9.32 Å². The second kappa shape index (κ2) is 9.65. The lowest BCUT2D eigenvalue weighted by Crippen LogP contribution is -2.10. The quantitative estimate of drug-likeness (QED) is 0.205. The van der Waals surface area contributed by atoms with Gasteiger partial charge in [-0.3, -0.25) is 0 Å². The summed E-state index contributed by atoms with van der Waals surface area (Å²) in [4.78, 5) is 7.02. The van der Waals surface area contributed by atoms with Crippen LogP contribution >= 0.6 is 0 Å². The first-order valence-corrected chi connectivity index (χ1v) is 15.6. The molecule has 0 amide bonds. The van der Waals surface area contributed by atoms with Crippen LogP contribution < -0.4 is 4.90 Å². The molecule has 7 aromatic carbocycles. The fourth-order valence-electron chi connectivity index (χ4n) is 7.44. The lowest BCUT2D eigenvalue weighted by Gasteiger charge is -2.27. The summed E-state index contributed by atoms with van der Waals surface area (Å²) in [6.07, 6.45) is 1.85. The molecule has 2 aromatic heterocycles. The molecule has 9 aromatic rings. The van der Waals surface area contributed by atoms with Crippen molar-refractivity contribution in [3.63, 3.8) is 0 Å². The lowest BCUT2D eigenvalue weighted by molar-refractivity contribution is 0.654. The van der Waals surface area contributed by atoms with Crippen molar-refractivity contribution < 1.29 is 4.42 Å². The Morgan fingerprint density at radius 1 is 0.457 bits per heavy atom. The molecule has 214 valence electrons. The minimum atomic E-state index is 0.633. The maximum Gasteiger partial charge on any atom is 0.229 e. The van der Waals surface area contributed by atoms with E-state index in [9.17, 15) is 0 Å². The van der Waals surface area contributed by atoms with Gasteiger partial charge in [-0.05, 0) is 91.3 Å². The molecular formula is C43H26N2O. The number of aromatic nitrogens is 1. The normalized spacial score (nSPS) is 11.9. The number of benzene rings is 7. The molecule has 0 unspecified atom stereocenters. The molecule has 0 bridgehead atoms. The number of nitrogens with zero attached hydrogens (tertiary/aromatic N) is 2. The minimum Gasteiger partial charge on any atom is -0.438 e. The van der Waals surface area contributed by atoms with E-state index in [1.165, 1.54) is 54.9 Å². The van der Waals surface area contributed by atoms with E-state index in [4.69, 9.17) is 4.42 Å². The average molecular weight is 587 g/mol. The number of hydrogen-bond acceptors (Lipinski definition) is 3. The third kappa shape index (κ3) is 3.63. The fraction of sp³-hybridized carbons (Fsp3) is 0. The molecule has 46 heavy (non-hydrogen) atoms. The molecule has 3 heteroatoms. The summed E-state index contributed by atoms with van der Waals surface area (Å²) < 4.78 is 6.27. The number of anilines is 3. The maximum atomic E-state index is 6.27. The summed E-state index contributed by atoms with van der Waals surface area (Å²) >= 11 is 0. The zero-order valence-corrected chi connectivity index (χ0v) is 24.8. The molecular weight excluding hydrogens is 560 g/mol. The van der Waals surface area contributed by atoms with E-state index >= 15 is 0 Å². The van der Waals surface area contributed by atoms with Crippen molar-refractivity contribution in [2.45, 2.75) is 0 Å². The predicted octanol–water partition coefficient (Wildman–Crippen LogP) is 12.1. The van der Waals surface area contributed by atoms with Crippen molar-refractivity contribution in [1.29, 1.82) is 0 Å². The zero-order valence-electron chi connectivity index (χ0n) is 24.8. The number of pyridine rings is 1. The first-order valence-electron chi connectivity index (χ1n) is 15.6. The highest BCUT2D eigenvalue weighted by molar-refractivity contribution is 6.18. The second-order valence-electron chi connectivity index (χ2n) is 12.0. The predicted molar refractivity (Wildman–Crippen MR) is 191 cm³/mol. The third-order valence-corrected chi connectivity index (χ3v) is 9.45. The molecule has 1 aliphatic rings. The van der Waals surface area contributed by atoms with Gasteiger partial charge in [0.25, 0.3) is 0 Å². The molecule has 0 saturated carbocycles. The number of furan rings is 1. The van der Waals surface area contributed by atoms with Crippen LogP contribution in [-0.4, -0.2) is 4.98 Å². The standard InChI is InChI=1S/C43H26N2O/c1-2-12-32-27(9-1)10-7-16-33(32)28-19-21-30(22-20-28)45(39-23-24-44-43-42(39)37-15-5-6-18-40(37)46-43)31-25-29-11-8-17-36-34-13-3-4-14-35(34)38(26-31)41(29)36/h1-26H. The first-order chi connectivity index (χ1) is 22.8. The van der Waals surface area contributed by atoms with Crippen LogP contribution in [0.15, 0.2) is 162 Å². The van der Waals surface area contributed by atoms with Gasteiger partial charge in [0.2, 0.25) is 5.71 Å². The van der Waals surface area contributed by atoms with Crippen LogP contribution in [0.25, 0.3) is 77.0 Å². The highest BCUT2D eigenvalue weighted by Crippen LogP contribution is 2.51. The molecule has 0 spiro atoms. The van der Waals surface area contributed by atoms with Gasteiger partial charge in [-0.15, -0.1) is 0 Å². The molecule has 0 atom stereocenters.